The van der Waals surface area contributed by atoms with Gasteiger partial charge in [0.2, 0.25) is 11.2 Å². The van der Waals surface area contributed by atoms with Crippen molar-refractivity contribution in [3.05, 3.63) is 94.3 Å². The summed E-state index contributed by atoms with van der Waals surface area (Å²) in [6, 6.07) is 22.6. The molecule has 1 saturated heterocycles. The van der Waals surface area contributed by atoms with Crippen LogP contribution in [0.1, 0.15) is 43.2 Å². The van der Waals surface area contributed by atoms with Crippen molar-refractivity contribution in [2.24, 2.45) is 5.92 Å². The zero-order chi connectivity index (χ0) is 29.3. The Balaban J connectivity index is 1.03. The summed E-state index contributed by atoms with van der Waals surface area (Å²) < 4.78 is 16.6. The minimum Gasteiger partial charge on any atom is -0.493 e. The van der Waals surface area contributed by atoms with Crippen molar-refractivity contribution in [3.8, 4) is 22.6 Å². The summed E-state index contributed by atoms with van der Waals surface area (Å²) >= 11 is 0. The zero-order valence-electron chi connectivity index (χ0n) is 25.3. The molecule has 222 valence electrons. The van der Waals surface area contributed by atoms with Crippen LogP contribution < -0.4 is 14.9 Å². The van der Waals surface area contributed by atoms with E-state index in [1.165, 1.54) is 62.7 Å². The summed E-state index contributed by atoms with van der Waals surface area (Å²) in [5.41, 5.74) is 4.44. The van der Waals surface area contributed by atoms with Gasteiger partial charge < -0.3 is 18.8 Å². The molecule has 0 N–H and O–H groups in total. The van der Waals surface area contributed by atoms with Crippen LogP contribution in [-0.2, 0) is 13.0 Å². The average molecular weight is 569 g/mol. The highest BCUT2D eigenvalue weighted by Gasteiger charge is 2.20. The Morgan fingerprint density at radius 1 is 0.881 bits per heavy atom. The standard InChI is InChI=1S/C36H44N2O4/c1-37(22-18-28-19-23-38(24-20-28)25-29-10-5-4-6-11-29)21-8-7-9-27-12-14-30(15-13-27)32-26-42-35-31(34(32)39)16-17-33(40-2)36(35)41-3/h4-6,10-17,26,28H,7-9,18-25H2,1-3H3. The third-order valence-electron chi connectivity index (χ3n) is 8.68. The molecule has 0 bridgehead atoms. The monoisotopic (exact) mass is 568 g/mol. The van der Waals surface area contributed by atoms with E-state index in [1.807, 2.05) is 12.1 Å². The lowest BCUT2D eigenvalue weighted by Gasteiger charge is -2.32. The largest absolute Gasteiger partial charge is 0.493 e. The molecule has 4 aromatic rings. The number of methoxy groups -OCH3 is 2. The van der Waals surface area contributed by atoms with Crippen LogP contribution in [0.3, 0.4) is 0 Å². The number of rotatable bonds is 13. The molecule has 0 saturated carbocycles. The minimum atomic E-state index is -0.0780. The van der Waals surface area contributed by atoms with E-state index in [-0.39, 0.29) is 5.43 Å². The number of hydrogen-bond acceptors (Lipinski definition) is 6. The van der Waals surface area contributed by atoms with E-state index in [0.29, 0.717) is 28.0 Å². The normalized spacial score (nSPS) is 14.5. The van der Waals surface area contributed by atoms with Gasteiger partial charge in [0.1, 0.15) is 6.26 Å². The highest BCUT2D eigenvalue weighted by atomic mass is 16.5. The van der Waals surface area contributed by atoms with Gasteiger partial charge in [-0.05, 0) is 106 Å². The van der Waals surface area contributed by atoms with Crippen LogP contribution >= 0.6 is 0 Å². The number of likely N-dealkylation sites (tertiary alicyclic amines) is 1. The number of hydrogen-bond donors (Lipinski definition) is 0. The van der Waals surface area contributed by atoms with Gasteiger partial charge in [-0.1, -0.05) is 54.6 Å². The number of benzene rings is 3. The van der Waals surface area contributed by atoms with Crippen LogP contribution in [0.5, 0.6) is 11.5 Å². The van der Waals surface area contributed by atoms with Crippen molar-refractivity contribution in [3.63, 3.8) is 0 Å². The Morgan fingerprint density at radius 2 is 1.64 bits per heavy atom. The molecule has 5 rings (SSSR count). The van der Waals surface area contributed by atoms with Gasteiger partial charge in [-0.25, -0.2) is 0 Å². The third-order valence-corrected chi connectivity index (χ3v) is 8.68. The van der Waals surface area contributed by atoms with E-state index in [2.05, 4.69) is 59.3 Å². The van der Waals surface area contributed by atoms with E-state index < -0.39 is 0 Å². The highest BCUT2D eigenvalue weighted by molar-refractivity contribution is 5.88. The molecule has 42 heavy (non-hydrogen) atoms. The van der Waals surface area contributed by atoms with Crippen molar-refractivity contribution in [1.82, 2.24) is 9.80 Å². The maximum absolute atomic E-state index is 13.2. The number of fused-ring (bicyclic) bond motifs is 1. The molecule has 1 aliphatic heterocycles. The second-order valence-corrected chi connectivity index (χ2v) is 11.6. The molecule has 0 radical (unpaired) electrons. The summed E-state index contributed by atoms with van der Waals surface area (Å²) in [7, 11) is 5.37. The summed E-state index contributed by atoms with van der Waals surface area (Å²) in [6.45, 7) is 5.85. The number of ether oxygens (including phenoxy) is 2. The van der Waals surface area contributed by atoms with Crippen LogP contribution in [0.15, 0.2) is 82.2 Å². The topological polar surface area (TPSA) is 55.2 Å². The number of aryl methyl sites for hydroxylation is 1. The first-order chi connectivity index (χ1) is 20.6. The number of piperidine rings is 1. The molecule has 0 unspecified atom stereocenters. The zero-order valence-corrected chi connectivity index (χ0v) is 25.3. The van der Waals surface area contributed by atoms with Crippen LogP contribution in [0.2, 0.25) is 0 Å². The lowest BCUT2D eigenvalue weighted by Crippen LogP contribution is -2.34. The smallest absolute Gasteiger partial charge is 0.204 e. The predicted octanol–water partition coefficient (Wildman–Crippen LogP) is 7.03. The lowest BCUT2D eigenvalue weighted by atomic mass is 9.93. The molecule has 6 nitrogen and oxygen atoms in total. The maximum Gasteiger partial charge on any atom is 0.204 e. The molecule has 0 aliphatic carbocycles. The van der Waals surface area contributed by atoms with E-state index in [9.17, 15) is 4.79 Å². The summed E-state index contributed by atoms with van der Waals surface area (Å²) in [6.07, 6.45) is 8.85. The Hall–Kier alpha value is -3.61. The van der Waals surface area contributed by atoms with E-state index in [0.717, 1.165) is 37.4 Å². The predicted molar refractivity (Wildman–Crippen MR) is 171 cm³/mol. The van der Waals surface area contributed by atoms with Gasteiger partial charge in [0.05, 0.1) is 25.2 Å². The van der Waals surface area contributed by atoms with E-state index >= 15 is 0 Å². The van der Waals surface area contributed by atoms with Crippen molar-refractivity contribution >= 4 is 11.0 Å². The first-order valence-corrected chi connectivity index (χ1v) is 15.3. The fraction of sp³-hybridized carbons (Fsp3) is 0.417. The van der Waals surface area contributed by atoms with Gasteiger partial charge >= 0.3 is 0 Å². The van der Waals surface area contributed by atoms with Crippen LogP contribution in [0, 0.1) is 5.92 Å². The second-order valence-electron chi connectivity index (χ2n) is 11.6. The van der Waals surface area contributed by atoms with Crippen LogP contribution in [-0.4, -0.2) is 57.2 Å². The molecule has 0 amide bonds. The van der Waals surface area contributed by atoms with E-state index in [1.54, 1.807) is 26.4 Å². The van der Waals surface area contributed by atoms with Gasteiger partial charge in [0.15, 0.2) is 11.3 Å². The lowest BCUT2D eigenvalue weighted by molar-refractivity contribution is 0.162. The first kappa shape index (κ1) is 29.9. The van der Waals surface area contributed by atoms with Gasteiger partial charge in [-0.15, -0.1) is 0 Å². The summed E-state index contributed by atoms with van der Waals surface area (Å²) in [4.78, 5) is 18.3. The van der Waals surface area contributed by atoms with Crippen molar-refractivity contribution in [1.29, 1.82) is 0 Å². The number of unbranched alkanes of at least 4 members (excludes halogenated alkanes) is 1. The van der Waals surface area contributed by atoms with Crippen LogP contribution in [0.25, 0.3) is 22.1 Å². The molecule has 0 spiro atoms. The Bertz CT molecular complexity index is 1470. The van der Waals surface area contributed by atoms with Crippen molar-refractivity contribution in [2.75, 3.05) is 47.4 Å². The molecule has 2 heterocycles. The molecular formula is C36H44N2O4. The fourth-order valence-electron chi connectivity index (χ4n) is 6.06. The first-order valence-electron chi connectivity index (χ1n) is 15.3. The minimum absolute atomic E-state index is 0.0780. The fourth-order valence-corrected chi connectivity index (χ4v) is 6.06. The molecule has 1 aromatic heterocycles. The molecular weight excluding hydrogens is 524 g/mol. The molecule has 1 fully saturated rings. The maximum atomic E-state index is 13.2. The highest BCUT2D eigenvalue weighted by Crippen LogP contribution is 2.35. The molecule has 1 aliphatic rings. The Kier molecular flexibility index (Phi) is 10.3. The average Bonchev–Trinajstić information content (AvgIpc) is 3.03. The molecule has 6 heteroatoms. The molecule has 3 aromatic carbocycles. The van der Waals surface area contributed by atoms with Gasteiger partial charge in [-0.2, -0.15) is 0 Å². The third kappa shape index (κ3) is 7.42. The number of nitrogens with zero attached hydrogens (tertiary/aromatic N) is 2. The van der Waals surface area contributed by atoms with Gasteiger partial charge in [0.25, 0.3) is 0 Å². The van der Waals surface area contributed by atoms with Crippen molar-refractivity contribution < 1.29 is 13.9 Å². The summed E-state index contributed by atoms with van der Waals surface area (Å²) in [5, 5.41) is 0.479. The van der Waals surface area contributed by atoms with E-state index in [4.69, 9.17) is 13.9 Å². The SMILES string of the molecule is COc1ccc2c(=O)c(-c3ccc(CCCCN(C)CCC4CCN(Cc5ccccc5)CC4)cc3)coc2c1OC. The second kappa shape index (κ2) is 14.5. The van der Waals surface area contributed by atoms with Gasteiger partial charge in [0, 0.05) is 6.54 Å². The quantitative estimate of drug-likeness (QED) is 0.161. The summed E-state index contributed by atoms with van der Waals surface area (Å²) in [5.74, 6) is 1.82. The Labute approximate surface area is 249 Å². The van der Waals surface area contributed by atoms with Gasteiger partial charge in [-0.3, -0.25) is 9.69 Å². The van der Waals surface area contributed by atoms with Crippen molar-refractivity contribution in [2.45, 2.75) is 45.1 Å². The Morgan fingerprint density at radius 3 is 2.36 bits per heavy atom. The molecule has 0 atom stereocenters. The van der Waals surface area contributed by atoms with Crippen LogP contribution in [0.4, 0.5) is 0 Å².